The highest BCUT2D eigenvalue weighted by atomic mass is 79.9. The van der Waals surface area contributed by atoms with E-state index in [-0.39, 0.29) is 0 Å². The van der Waals surface area contributed by atoms with E-state index in [0.29, 0.717) is 4.83 Å². The SMILES string of the molecule is BrC1Cc2ccc3c(c2C1)CCC3. The first-order chi connectivity index (χ1) is 6.34. The van der Waals surface area contributed by atoms with Crippen molar-refractivity contribution in [3.05, 3.63) is 34.4 Å². The quantitative estimate of drug-likeness (QED) is 0.608. The van der Waals surface area contributed by atoms with Crippen molar-refractivity contribution in [1.29, 1.82) is 0 Å². The first-order valence-electron chi connectivity index (χ1n) is 5.11. The summed E-state index contributed by atoms with van der Waals surface area (Å²) in [4.78, 5) is 0.703. The van der Waals surface area contributed by atoms with Crippen LogP contribution in [0.4, 0.5) is 0 Å². The number of hydrogen-bond donors (Lipinski definition) is 0. The molecule has 1 unspecified atom stereocenters. The van der Waals surface area contributed by atoms with Crippen molar-refractivity contribution in [3.8, 4) is 0 Å². The van der Waals surface area contributed by atoms with Gasteiger partial charge in [-0.1, -0.05) is 28.1 Å². The summed E-state index contributed by atoms with van der Waals surface area (Å²) >= 11 is 3.73. The fourth-order valence-electron chi connectivity index (χ4n) is 2.77. The molecule has 0 amide bonds. The fraction of sp³-hybridized carbons (Fsp3) is 0.500. The highest BCUT2D eigenvalue weighted by Crippen LogP contribution is 2.35. The average molecular weight is 237 g/mol. The van der Waals surface area contributed by atoms with Gasteiger partial charge in [0.2, 0.25) is 0 Å². The van der Waals surface area contributed by atoms with Crippen LogP contribution in [0.2, 0.25) is 0 Å². The van der Waals surface area contributed by atoms with Crippen molar-refractivity contribution >= 4 is 15.9 Å². The van der Waals surface area contributed by atoms with Crippen LogP contribution >= 0.6 is 15.9 Å². The van der Waals surface area contributed by atoms with Crippen molar-refractivity contribution in [2.45, 2.75) is 36.9 Å². The van der Waals surface area contributed by atoms with E-state index in [0.717, 1.165) is 0 Å². The van der Waals surface area contributed by atoms with Gasteiger partial charge in [0.05, 0.1) is 0 Å². The summed E-state index contributed by atoms with van der Waals surface area (Å²) in [6, 6.07) is 4.70. The summed E-state index contributed by atoms with van der Waals surface area (Å²) in [6.45, 7) is 0. The Morgan fingerprint density at radius 2 is 1.85 bits per heavy atom. The average Bonchev–Trinajstić information content (AvgIpc) is 2.65. The molecule has 1 aromatic carbocycles. The Balaban J connectivity index is 2.16. The molecule has 0 bridgehead atoms. The van der Waals surface area contributed by atoms with E-state index in [1.807, 2.05) is 0 Å². The number of fused-ring (bicyclic) bond motifs is 3. The molecule has 0 aliphatic heterocycles. The summed E-state index contributed by atoms with van der Waals surface area (Å²) in [6.07, 6.45) is 6.52. The van der Waals surface area contributed by atoms with Gasteiger partial charge in [-0.05, 0) is 54.4 Å². The Morgan fingerprint density at radius 3 is 2.77 bits per heavy atom. The maximum Gasteiger partial charge on any atom is 0.0226 e. The first kappa shape index (κ1) is 8.05. The smallest absolute Gasteiger partial charge is 0.0226 e. The Morgan fingerprint density at radius 1 is 1.00 bits per heavy atom. The van der Waals surface area contributed by atoms with Gasteiger partial charge in [-0.25, -0.2) is 0 Å². The number of halogens is 1. The van der Waals surface area contributed by atoms with E-state index in [1.165, 1.54) is 32.1 Å². The Labute approximate surface area is 87.5 Å². The van der Waals surface area contributed by atoms with Crippen molar-refractivity contribution in [3.63, 3.8) is 0 Å². The third-order valence-corrected chi connectivity index (χ3v) is 4.01. The Bertz CT molecular complexity index is 354. The number of alkyl halides is 1. The molecule has 3 rings (SSSR count). The van der Waals surface area contributed by atoms with Gasteiger partial charge in [0.15, 0.2) is 0 Å². The van der Waals surface area contributed by atoms with Gasteiger partial charge >= 0.3 is 0 Å². The predicted molar refractivity (Wildman–Crippen MR) is 58.6 cm³/mol. The largest absolute Gasteiger partial charge is 0.0883 e. The van der Waals surface area contributed by atoms with Crippen LogP contribution in [0.25, 0.3) is 0 Å². The lowest BCUT2D eigenvalue weighted by molar-refractivity contribution is 0.900. The highest BCUT2D eigenvalue weighted by molar-refractivity contribution is 9.09. The summed E-state index contributed by atoms with van der Waals surface area (Å²) in [5.74, 6) is 0. The summed E-state index contributed by atoms with van der Waals surface area (Å²) in [5, 5.41) is 0. The summed E-state index contributed by atoms with van der Waals surface area (Å²) in [5.41, 5.74) is 6.60. The van der Waals surface area contributed by atoms with Gasteiger partial charge in [-0.2, -0.15) is 0 Å². The second-order valence-electron chi connectivity index (χ2n) is 4.20. The summed E-state index contributed by atoms with van der Waals surface area (Å²) < 4.78 is 0. The van der Waals surface area contributed by atoms with Gasteiger partial charge in [0, 0.05) is 4.83 Å². The number of rotatable bonds is 0. The maximum absolute atomic E-state index is 3.73. The molecular weight excluding hydrogens is 224 g/mol. The molecule has 1 heteroatoms. The molecule has 13 heavy (non-hydrogen) atoms. The van der Waals surface area contributed by atoms with E-state index in [4.69, 9.17) is 0 Å². The van der Waals surface area contributed by atoms with Gasteiger partial charge in [-0.15, -0.1) is 0 Å². The lowest BCUT2D eigenvalue weighted by atomic mass is 10.00. The molecule has 0 nitrogen and oxygen atoms in total. The van der Waals surface area contributed by atoms with Crippen LogP contribution in [0.15, 0.2) is 12.1 Å². The maximum atomic E-state index is 3.73. The molecule has 1 atom stereocenters. The number of hydrogen-bond acceptors (Lipinski definition) is 0. The molecule has 2 aliphatic rings. The molecule has 0 radical (unpaired) electrons. The molecule has 68 valence electrons. The second kappa shape index (κ2) is 2.84. The van der Waals surface area contributed by atoms with Crippen LogP contribution in [-0.2, 0) is 25.7 Å². The summed E-state index contributed by atoms with van der Waals surface area (Å²) in [7, 11) is 0. The lowest BCUT2D eigenvalue weighted by Gasteiger charge is -2.05. The number of aryl methyl sites for hydroxylation is 1. The second-order valence-corrected chi connectivity index (χ2v) is 5.49. The lowest BCUT2D eigenvalue weighted by Crippen LogP contribution is -1.94. The monoisotopic (exact) mass is 236 g/mol. The minimum Gasteiger partial charge on any atom is -0.0883 e. The topological polar surface area (TPSA) is 0 Å². The molecule has 0 N–H and O–H groups in total. The zero-order valence-electron chi connectivity index (χ0n) is 7.65. The molecule has 0 heterocycles. The predicted octanol–water partition coefficient (Wildman–Crippen LogP) is 3.04. The minimum atomic E-state index is 0.703. The minimum absolute atomic E-state index is 0.703. The van der Waals surface area contributed by atoms with Gasteiger partial charge in [0.25, 0.3) is 0 Å². The van der Waals surface area contributed by atoms with Crippen LogP contribution in [0.5, 0.6) is 0 Å². The highest BCUT2D eigenvalue weighted by Gasteiger charge is 2.24. The van der Waals surface area contributed by atoms with E-state index in [9.17, 15) is 0 Å². The normalized spacial score (nSPS) is 24.5. The van der Waals surface area contributed by atoms with E-state index >= 15 is 0 Å². The molecule has 0 saturated carbocycles. The Kier molecular flexibility index (Phi) is 1.76. The standard InChI is InChI=1S/C12H13Br/c13-10-6-9-5-4-8-2-1-3-11(8)12(9)7-10/h4-5,10H,1-3,6-7H2. The fourth-order valence-corrected chi connectivity index (χ4v) is 3.44. The van der Waals surface area contributed by atoms with Crippen LogP contribution in [0.1, 0.15) is 28.7 Å². The van der Waals surface area contributed by atoms with Gasteiger partial charge in [0.1, 0.15) is 0 Å². The van der Waals surface area contributed by atoms with E-state index in [2.05, 4.69) is 28.1 Å². The van der Waals surface area contributed by atoms with E-state index in [1.54, 1.807) is 22.3 Å². The Hall–Kier alpha value is -0.300. The van der Waals surface area contributed by atoms with Crippen molar-refractivity contribution < 1.29 is 0 Å². The zero-order valence-corrected chi connectivity index (χ0v) is 9.23. The first-order valence-corrected chi connectivity index (χ1v) is 6.03. The molecule has 0 saturated heterocycles. The molecule has 2 aliphatic carbocycles. The zero-order chi connectivity index (χ0) is 8.84. The van der Waals surface area contributed by atoms with Crippen molar-refractivity contribution in [1.82, 2.24) is 0 Å². The van der Waals surface area contributed by atoms with E-state index < -0.39 is 0 Å². The van der Waals surface area contributed by atoms with Gasteiger partial charge < -0.3 is 0 Å². The third-order valence-electron chi connectivity index (χ3n) is 3.37. The molecule has 0 fully saturated rings. The van der Waals surface area contributed by atoms with Crippen molar-refractivity contribution in [2.75, 3.05) is 0 Å². The van der Waals surface area contributed by atoms with Gasteiger partial charge in [-0.3, -0.25) is 0 Å². The number of benzene rings is 1. The van der Waals surface area contributed by atoms with Crippen LogP contribution in [-0.4, -0.2) is 4.83 Å². The van der Waals surface area contributed by atoms with Crippen LogP contribution < -0.4 is 0 Å². The molecule has 0 spiro atoms. The molecule has 0 aromatic heterocycles. The molecule has 1 aromatic rings. The van der Waals surface area contributed by atoms with Crippen LogP contribution in [0.3, 0.4) is 0 Å². The molecular formula is C12H13Br. The third kappa shape index (κ3) is 1.17. The van der Waals surface area contributed by atoms with Crippen molar-refractivity contribution in [2.24, 2.45) is 0 Å². The van der Waals surface area contributed by atoms with Crippen LogP contribution in [0, 0.1) is 0 Å².